The summed E-state index contributed by atoms with van der Waals surface area (Å²) in [4.78, 5) is 0. The molecule has 0 aromatic carbocycles. The fraction of sp³-hybridized carbons (Fsp3) is 1.00. The minimum atomic E-state index is -0.775. The van der Waals surface area contributed by atoms with Crippen LogP contribution >= 0.6 is 0 Å². The van der Waals surface area contributed by atoms with Gasteiger partial charge in [0.15, 0.2) is 0 Å². The van der Waals surface area contributed by atoms with E-state index in [9.17, 15) is 5.11 Å². The molecular weight excluding hydrogens is 250 g/mol. The Balaban J connectivity index is 3.03. The van der Waals surface area contributed by atoms with Crippen molar-refractivity contribution < 1.29 is 10.2 Å². The summed E-state index contributed by atoms with van der Waals surface area (Å²) in [5, 5.41) is 21.4. The highest BCUT2D eigenvalue weighted by Gasteiger charge is 2.07. The van der Waals surface area contributed by atoms with Gasteiger partial charge in [0.25, 0.3) is 0 Å². The summed E-state index contributed by atoms with van der Waals surface area (Å²) in [6.45, 7) is 4.66. The molecule has 20 heavy (non-hydrogen) atoms. The van der Waals surface area contributed by atoms with Crippen molar-refractivity contribution in [3.8, 4) is 0 Å². The summed E-state index contributed by atoms with van der Waals surface area (Å²) in [5.74, 6) is 0. The van der Waals surface area contributed by atoms with Gasteiger partial charge in [-0.05, 0) is 19.9 Å². The van der Waals surface area contributed by atoms with Crippen molar-refractivity contribution in [1.29, 1.82) is 0 Å². The van der Waals surface area contributed by atoms with Crippen LogP contribution in [-0.2, 0) is 0 Å². The summed E-state index contributed by atoms with van der Waals surface area (Å²) in [5.41, 5.74) is 0. The molecule has 0 aromatic rings. The molecule has 0 aromatic heterocycles. The van der Waals surface area contributed by atoms with E-state index in [-0.39, 0.29) is 0 Å². The summed E-state index contributed by atoms with van der Waals surface area (Å²) >= 11 is 0. The van der Waals surface area contributed by atoms with Gasteiger partial charge in [-0.25, -0.2) is 0 Å². The van der Waals surface area contributed by atoms with Crippen LogP contribution in [0.1, 0.15) is 90.9 Å². The van der Waals surface area contributed by atoms with E-state index in [0.29, 0.717) is 0 Å². The normalized spacial score (nSPS) is 14.4. The molecule has 0 heterocycles. The third kappa shape index (κ3) is 14.3. The summed E-state index contributed by atoms with van der Waals surface area (Å²) in [6.07, 6.45) is 14.6. The SMILES string of the molecule is CCCCCCCCCCCCCCNC(O)C(C)O. The lowest BCUT2D eigenvalue weighted by atomic mass is 10.1. The smallest absolute Gasteiger partial charge is 0.130 e. The van der Waals surface area contributed by atoms with Gasteiger partial charge in [0, 0.05) is 0 Å². The highest BCUT2D eigenvalue weighted by Crippen LogP contribution is 2.11. The average molecular weight is 287 g/mol. The summed E-state index contributed by atoms with van der Waals surface area (Å²) < 4.78 is 0. The van der Waals surface area contributed by atoms with Crippen molar-refractivity contribution in [2.75, 3.05) is 6.54 Å². The second-order valence-corrected chi connectivity index (χ2v) is 6.03. The lowest BCUT2D eigenvalue weighted by Crippen LogP contribution is -2.38. The molecule has 2 unspecified atom stereocenters. The number of aliphatic hydroxyl groups is 2. The Morgan fingerprint density at radius 3 is 1.50 bits per heavy atom. The molecule has 3 heteroatoms. The molecule has 2 atom stereocenters. The third-order valence-corrected chi connectivity index (χ3v) is 3.84. The minimum absolute atomic E-state index is 0.688. The van der Waals surface area contributed by atoms with Crippen molar-refractivity contribution in [3.63, 3.8) is 0 Å². The lowest BCUT2D eigenvalue weighted by Gasteiger charge is -2.14. The van der Waals surface area contributed by atoms with Crippen LogP contribution in [0.5, 0.6) is 0 Å². The monoisotopic (exact) mass is 287 g/mol. The van der Waals surface area contributed by atoms with Crippen molar-refractivity contribution >= 4 is 0 Å². The topological polar surface area (TPSA) is 52.5 Å². The highest BCUT2D eigenvalue weighted by molar-refractivity contribution is 4.59. The van der Waals surface area contributed by atoms with Gasteiger partial charge in [-0.2, -0.15) is 0 Å². The first-order chi connectivity index (χ1) is 9.68. The van der Waals surface area contributed by atoms with E-state index in [1.54, 1.807) is 6.92 Å². The fourth-order valence-corrected chi connectivity index (χ4v) is 2.39. The number of unbranched alkanes of at least 4 members (excludes halogenated alkanes) is 11. The van der Waals surface area contributed by atoms with Crippen LogP contribution in [0.3, 0.4) is 0 Å². The van der Waals surface area contributed by atoms with Gasteiger partial charge in [-0.15, -0.1) is 0 Å². The maximum Gasteiger partial charge on any atom is 0.130 e. The quantitative estimate of drug-likeness (QED) is 0.315. The van der Waals surface area contributed by atoms with E-state index in [0.717, 1.165) is 13.0 Å². The van der Waals surface area contributed by atoms with Crippen molar-refractivity contribution in [3.05, 3.63) is 0 Å². The standard InChI is InChI=1S/C17H37NO2/c1-3-4-5-6-7-8-9-10-11-12-13-14-15-18-17(20)16(2)19/h16-20H,3-15H2,1-2H3. The Labute approximate surface area is 126 Å². The maximum atomic E-state index is 9.34. The van der Waals surface area contributed by atoms with Crippen LogP contribution in [0.15, 0.2) is 0 Å². The second kappa shape index (κ2) is 15.3. The molecule has 0 spiro atoms. The number of rotatable bonds is 15. The van der Waals surface area contributed by atoms with Crippen molar-refractivity contribution in [2.45, 2.75) is 103 Å². The fourth-order valence-electron chi connectivity index (χ4n) is 2.39. The van der Waals surface area contributed by atoms with E-state index in [4.69, 9.17) is 5.11 Å². The largest absolute Gasteiger partial charge is 0.389 e. The van der Waals surface area contributed by atoms with Crippen molar-refractivity contribution in [1.82, 2.24) is 5.32 Å². The Hall–Kier alpha value is -0.120. The molecule has 3 N–H and O–H groups in total. The maximum absolute atomic E-state index is 9.34. The van der Waals surface area contributed by atoms with Crippen LogP contribution < -0.4 is 5.32 Å². The molecule has 0 fully saturated rings. The predicted molar refractivity (Wildman–Crippen MR) is 86.8 cm³/mol. The van der Waals surface area contributed by atoms with Gasteiger partial charge in [-0.3, -0.25) is 5.32 Å². The first-order valence-electron chi connectivity index (χ1n) is 8.78. The van der Waals surface area contributed by atoms with Crippen LogP contribution in [0.4, 0.5) is 0 Å². The average Bonchev–Trinajstić information content (AvgIpc) is 2.43. The Morgan fingerprint density at radius 2 is 1.10 bits per heavy atom. The van der Waals surface area contributed by atoms with Crippen LogP contribution in [0.25, 0.3) is 0 Å². The van der Waals surface area contributed by atoms with Crippen LogP contribution in [0, 0.1) is 0 Å². The Kier molecular flexibility index (Phi) is 15.2. The van der Waals surface area contributed by atoms with E-state index >= 15 is 0 Å². The molecule has 122 valence electrons. The molecule has 0 aliphatic carbocycles. The lowest BCUT2D eigenvalue weighted by molar-refractivity contribution is 0.00933. The molecule has 0 saturated heterocycles. The molecule has 0 bridgehead atoms. The molecule has 0 aliphatic heterocycles. The summed E-state index contributed by atoms with van der Waals surface area (Å²) in [7, 11) is 0. The first-order valence-corrected chi connectivity index (χ1v) is 8.78. The van der Waals surface area contributed by atoms with Gasteiger partial charge < -0.3 is 10.2 Å². The second-order valence-electron chi connectivity index (χ2n) is 6.03. The van der Waals surface area contributed by atoms with E-state index in [2.05, 4.69) is 12.2 Å². The zero-order valence-corrected chi connectivity index (χ0v) is 13.7. The van der Waals surface area contributed by atoms with Gasteiger partial charge >= 0.3 is 0 Å². The number of hydrogen-bond donors (Lipinski definition) is 3. The molecule has 0 aliphatic rings. The van der Waals surface area contributed by atoms with E-state index in [1.165, 1.54) is 70.6 Å². The van der Waals surface area contributed by atoms with Gasteiger partial charge in [0.2, 0.25) is 0 Å². The Morgan fingerprint density at radius 1 is 0.700 bits per heavy atom. The molecule has 0 amide bonds. The van der Waals surface area contributed by atoms with Gasteiger partial charge in [-0.1, -0.05) is 77.6 Å². The van der Waals surface area contributed by atoms with E-state index < -0.39 is 12.3 Å². The van der Waals surface area contributed by atoms with Gasteiger partial charge in [0.1, 0.15) is 6.23 Å². The van der Waals surface area contributed by atoms with Gasteiger partial charge in [0.05, 0.1) is 6.10 Å². The van der Waals surface area contributed by atoms with Crippen LogP contribution in [0.2, 0.25) is 0 Å². The Bertz CT molecular complexity index is 186. The molecule has 0 radical (unpaired) electrons. The van der Waals surface area contributed by atoms with Crippen LogP contribution in [-0.4, -0.2) is 29.1 Å². The van der Waals surface area contributed by atoms with E-state index in [1.807, 2.05) is 0 Å². The highest BCUT2D eigenvalue weighted by atomic mass is 16.3. The number of hydrogen-bond acceptors (Lipinski definition) is 3. The summed E-state index contributed by atoms with van der Waals surface area (Å²) in [6, 6.07) is 0. The zero-order valence-electron chi connectivity index (χ0n) is 13.7. The number of aliphatic hydroxyl groups excluding tert-OH is 2. The third-order valence-electron chi connectivity index (χ3n) is 3.84. The van der Waals surface area contributed by atoms with Crippen molar-refractivity contribution in [2.24, 2.45) is 0 Å². The zero-order chi connectivity index (χ0) is 15.1. The molecule has 0 rings (SSSR count). The minimum Gasteiger partial charge on any atom is -0.389 e. The molecule has 3 nitrogen and oxygen atoms in total. The predicted octanol–water partition coefficient (Wildman–Crippen LogP) is 3.98. The first kappa shape index (κ1) is 19.9. The number of nitrogens with one attached hydrogen (secondary N) is 1. The molecule has 0 saturated carbocycles. The molecular formula is C17H37NO2.